The third-order valence-corrected chi connectivity index (χ3v) is 3.80. The second kappa shape index (κ2) is 7.57. The standard InChI is InChI=1S/C15H29N3/c1-5-7-8-13(6-2)10-18-11-17-9-14(18)15(16)12(3)4/h9,11-13,15H,5-8,10,16H2,1-4H3. The van der Waals surface area contributed by atoms with E-state index in [4.69, 9.17) is 5.73 Å². The van der Waals surface area contributed by atoms with Gasteiger partial charge >= 0.3 is 0 Å². The van der Waals surface area contributed by atoms with E-state index in [1.807, 2.05) is 12.5 Å². The lowest BCUT2D eigenvalue weighted by atomic mass is 9.98. The molecule has 2 unspecified atom stereocenters. The maximum atomic E-state index is 6.24. The summed E-state index contributed by atoms with van der Waals surface area (Å²) in [6.45, 7) is 9.92. The van der Waals surface area contributed by atoms with Crippen LogP contribution in [0.3, 0.4) is 0 Å². The number of imidazole rings is 1. The summed E-state index contributed by atoms with van der Waals surface area (Å²) in [6.07, 6.45) is 9.00. The molecule has 1 aromatic rings. The summed E-state index contributed by atoms with van der Waals surface area (Å²) >= 11 is 0. The van der Waals surface area contributed by atoms with E-state index in [1.165, 1.54) is 31.4 Å². The number of hydrogen-bond donors (Lipinski definition) is 1. The molecule has 0 aromatic carbocycles. The van der Waals surface area contributed by atoms with Gasteiger partial charge in [0, 0.05) is 18.8 Å². The van der Waals surface area contributed by atoms with Crippen LogP contribution in [0.5, 0.6) is 0 Å². The van der Waals surface area contributed by atoms with E-state index in [0.29, 0.717) is 5.92 Å². The Labute approximate surface area is 112 Å². The number of aromatic nitrogens is 2. The highest BCUT2D eigenvalue weighted by Crippen LogP contribution is 2.21. The molecule has 1 rings (SSSR count). The molecule has 0 radical (unpaired) electrons. The van der Waals surface area contributed by atoms with E-state index in [1.54, 1.807) is 0 Å². The predicted octanol–water partition coefficient (Wildman–Crippen LogP) is 3.76. The van der Waals surface area contributed by atoms with Crippen molar-refractivity contribution in [2.75, 3.05) is 0 Å². The number of hydrogen-bond acceptors (Lipinski definition) is 2. The van der Waals surface area contributed by atoms with Crippen molar-refractivity contribution >= 4 is 0 Å². The van der Waals surface area contributed by atoms with Gasteiger partial charge < -0.3 is 10.3 Å². The van der Waals surface area contributed by atoms with Crippen LogP contribution in [0.15, 0.2) is 12.5 Å². The van der Waals surface area contributed by atoms with Gasteiger partial charge in [-0.25, -0.2) is 4.98 Å². The molecule has 1 heterocycles. The van der Waals surface area contributed by atoms with E-state index >= 15 is 0 Å². The van der Waals surface area contributed by atoms with Gasteiger partial charge in [-0.1, -0.05) is 47.0 Å². The lowest BCUT2D eigenvalue weighted by Crippen LogP contribution is -2.22. The van der Waals surface area contributed by atoms with Gasteiger partial charge in [0.1, 0.15) is 0 Å². The molecule has 104 valence electrons. The van der Waals surface area contributed by atoms with Crippen molar-refractivity contribution in [3.63, 3.8) is 0 Å². The van der Waals surface area contributed by atoms with E-state index in [-0.39, 0.29) is 6.04 Å². The van der Waals surface area contributed by atoms with Crippen molar-refractivity contribution in [3.8, 4) is 0 Å². The normalized spacial score (nSPS) is 15.0. The first kappa shape index (κ1) is 15.2. The Morgan fingerprint density at radius 2 is 2.06 bits per heavy atom. The minimum atomic E-state index is 0.0937. The maximum Gasteiger partial charge on any atom is 0.0948 e. The van der Waals surface area contributed by atoms with Crippen molar-refractivity contribution in [1.82, 2.24) is 9.55 Å². The van der Waals surface area contributed by atoms with Crippen LogP contribution in [0.4, 0.5) is 0 Å². The Bertz CT molecular complexity index is 330. The molecular formula is C15H29N3. The summed E-state index contributed by atoms with van der Waals surface area (Å²) < 4.78 is 2.26. The molecule has 0 saturated carbocycles. The number of nitrogens with zero attached hydrogens (tertiary/aromatic N) is 2. The third kappa shape index (κ3) is 4.13. The summed E-state index contributed by atoms with van der Waals surface area (Å²) in [6, 6.07) is 0.0937. The first-order chi connectivity index (χ1) is 8.60. The summed E-state index contributed by atoms with van der Waals surface area (Å²) in [7, 11) is 0. The molecule has 18 heavy (non-hydrogen) atoms. The second-order valence-corrected chi connectivity index (χ2v) is 5.66. The fraction of sp³-hybridized carbons (Fsp3) is 0.800. The van der Waals surface area contributed by atoms with Crippen molar-refractivity contribution in [3.05, 3.63) is 18.2 Å². The lowest BCUT2D eigenvalue weighted by Gasteiger charge is -2.21. The fourth-order valence-corrected chi connectivity index (χ4v) is 2.30. The molecule has 2 atom stereocenters. The van der Waals surface area contributed by atoms with Crippen LogP contribution in [-0.4, -0.2) is 9.55 Å². The van der Waals surface area contributed by atoms with Crippen molar-refractivity contribution in [2.45, 2.75) is 66.0 Å². The Morgan fingerprint density at radius 3 is 2.61 bits per heavy atom. The smallest absolute Gasteiger partial charge is 0.0948 e. The number of unbranched alkanes of at least 4 members (excludes halogenated alkanes) is 1. The molecule has 0 saturated heterocycles. The fourth-order valence-electron chi connectivity index (χ4n) is 2.30. The lowest BCUT2D eigenvalue weighted by molar-refractivity contribution is 0.373. The predicted molar refractivity (Wildman–Crippen MR) is 77.3 cm³/mol. The van der Waals surface area contributed by atoms with Gasteiger partial charge in [-0.05, 0) is 18.3 Å². The first-order valence-corrected chi connectivity index (χ1v) is 7.35. The molecule has 1 aromatic heterocycles. The van der Waals surface area contributed by atoms with Gasteiger partial charge in [-0.3, -0.25) is 0 Å². The quantitative estimate of drug-likeness (QED) is 0.764. The first-order valence-electron chi connectivity index (χ1n) is 7.35. The Hall–Kier alpha value is -0.830. The zero-order valence-electron chi connectivity index (χ0n) is 12.4. The molecule has 0 spiro atoms. The molecule has 3 heteroatoms. The maximum absolute atomic E-state index is 6.24. The SMILES string of the molecule is CCCCC(CC)Cn1cncc1C(N)C(C)C. The van der Waals surface area contributed by atoms with Gasteiger partial charge in [-0.2, -0.15) is 0 Å². The summed E-state index contributed by atoms with van der Waals surface area (Å²) in [5, 5.41) is 0. The minimum Gasteiger partial charge on any atom is -0.333 e. The largest absolute Gasteiger partial charge is 0.333 e. The Balaban J connectivity index is 2.68. The third-order valence-electron chi connectivity index (χ3n) is 3.80. The Morgan fingerprint density at radius 1 is 1.33 bits per heavy atom. The van der Waals surface area contributed by atoms with Crippen molar-refractivity contribution in [2.24, 2.45) is 17.6 Å². The van der Waals surface area contributed by atoms with Crippen LogP contribution in [0.1, 0.15) is 65.1 Å². The number of rotatable bonds is 8. The van der Waals surface area contributed by atoms with Gasteiger partial charge in [0.2, 0.25) is 0 Å². The van der Waals surface area contributed by atoms with Crippen molar-refractivity contribution in [1.29, 1.82) is 0 Å². The molecule has 0 aliphatic carbocycles. The summed E-state index contributed by atoms with van der Waals surface area (Å²) in [5.41, 5.74) is 7.42. The molecule has 0 aliphatic heterocycles. The van der Waals surface area contributed by atoms with E-state index in [0.717, 1.165) is 12.5 Å². The van der Waals surface area contributed by atoms with Crippen LogP contribution < -0.4 is 5.73 Å². The van der Waals surface area contributed by atoms with E-state index in [2.05, 4.69) is 37.2 Å². The highest BCUT2D eigenvalue weighted by atomic mass is 15.1. The highest BCUT2D eigenvalue weighted by molar-refractivity contribution is 5.05. The molecular weight excluding hydrogens is 222 g/mol. The highest BCUT2D eigenvalue weighted by Gasteiger charge is 2.16. The molecule has 0 bridgehead atoms. The zero-order valence-corrected chi connectivity index (χ0v) is 12.4. The average molecular weight is 251 g/mol. The topological polar surface area (TPSA) is 43.8 Å². The molecule has 0 amide bonds. The van der Waals surface area contributed by atoms with Crippen LogP contribution in [0.25, 0.3) is 0 Å². The molecule has 2 N–H and O–H groups in total. The monoisotopic (exact) mass is 251 g/mol. The van der Waals surface area contributed by atoms with Crippen LogP contribution in [0, 0.1) is 11.8 Å². The van der Waals surface area contributed by atoms with Gasteiger partial charge in [-0.15, -0.1) is 0 Å². The van der Waals surface area contributed by atoms with Crippen LogP contribution >= 0.6 is 0 Å². The Kier molecular flexibility index (Phi) is 6.41. The molecule has 0 fully saturated rings. The second-order valence-electron chi connectivity index (χ2n) is 5.66. The van der Waals surface area contributed by atoms with E-state index < -0.39 is 0 Å². The van der Waals surface area contributed by atoms with E-state index in [9.17, 15) is 0 Å². The van der Waals surface area contributed by atoms with Crippen LogP contribution in [0.2, 0.25) is 0 Å². The summed E-state index contributed by atoms with van der Waals surface area (Å²) in [5.74, 6) is 1.20. The van der Waals surface area contributed by atoms with Crippen LogP contribution in [-0.2, 0) is 6.54 Å². The number of nitrogens with two attached hydrogens (primary N) is 1. The van der Waals surface area contributed by atoms with Gasteiger partial charge in [0.15, 0.2) is 0 Å². The zero-order chi connectivity index (χ0) is 13.5. The molecule has 3 nitrogen and oxygen atoms in total. The minimum absolute atomic E-state index is 0.0937. The molecule has 0 aliphatic rings. The summed E-state index contributed by atoms with van der Waals surface area (Å²) in [4.78, 5) is 4.28. The average Bonchev–Trinajstić information content (AvgIpc) is 2.81. The van der Waals surface area contributed by atoms with Gasteiger partial charge in [0.25, 0.3) is 0 Å². The van der Waals surface area contributed by atoms with Crippen molar-refractivity contribution < 1.29 is 0 Å². The van der Waals surface area contributed by atoms with Gasteiger partial charge in [0.05, 0.1) is 12.0 Å².